The molecule has 0 radical (unpaired) electrons. The van der Waals surface area contributed by atoms with Gasteiger partial charge in [0, 0.05) is 25.1 Å². The molecule has 1 aromatic carbocycles. The molecular formula is C13H17FN2OS. The van der Waals surface area contributed by atoms with Gasteiger partial charge in [0.1, 0.15) is 5.82 Å². The predicted molar refractivity (Wildman–Crippen MR) is 74.0 cm³/mol. The van der Waals surface area contributed by atoms with Crippen LogP contribution in [-0.2, 0) is 0 Å². The summed E-state index contributed by atoms with van der Waals surface area (Å²) in [6, 6.07) is 4.18. The first kappa shape index (κ1) is 14.6. The van der Waals surface area contributed by atoms with E-state index >= 15 is 0 Å². The zero-order chi connectivity index (χ0) is 13.9. The van der Waals surface area contributed by atoms with E-state index in [0.717, 1.165) is 5.56 Å². The number of nitrogens with zero attached hydrogens (tertiary/aromatic N) is 1. The molecule has 0 saturated carbocycles. The molecule has 0 fully saturated rings. The molecule has 1 atom stereocenters. The van der Waals surface area contributed by atoms with Gasteiger partial charge in [0.2, 0.25) is 0 Å². The van der Waals surface area contributed by atoms with Gasteiger partial charge in [-0.05, 0) is 24.6 Å². The van der Waals surface area contributed by atoms with Gasteiger partial charge in [0.15, 0.2) is 0 Å². The van der Waals surface area contributed by atoms with E-state index in [-0.39, 0.29) is 11.8 Å². The molecule has 3 nitrogen and oxygen atoms in total. The molecule has 1 aromatic rings. The van der Waals surface area contributed by atoms with Crippen LogP contribution in [0, 0.1) is 18.7 Å². The first-order valence-electron chi connectivity index (χ1n) is 5.64. The summed E-state index contributed by atoms with van der Waals surface area (Å²) in [6.07, 6.45) is 0. The summed E-state index contributed by atoms with van der Waals surface area (Å²) in [5, 5.41) is 0. The Kier molecular flexibility index (Phi) is 4.78. The van der Waals surface area contributed by atoms with Crippen molar-refractivity contribution in [1.29, 1.82) is 0 Å². The summed E-state index contributed by atoms with van der Waals surface area (Å²) >= 11 is 4.87. The smallest absolute Gasteiger partial charge is 0.253 e. The molecule has 0 aliphatic rings. The topological polar surface area (TPSA) is 46.3 Å². The third-order valence-corrected chi connectivity index (χ3v) is 3.21. The van der Waals surface area contributed by atoms with Crippen LogP contribution in [0.5, 0.6) is 0 Å². The number of carbonyl (C=O) groups is 1. The lowest BCUT2D eigenvalue weighted by Gasteiger charge is -2.21. The largest absolute Gasteiger partial charge is 0.393 e. The van der Waals surface area contributed by atoms with Gasteiger partial charge in [-0.15, -0.1) is 0 Å². The van der Waals surface area contributed by atoms with Crippen LogP contribution in [0.2, 0.25) is 0 Å². The van der Waals surface area contributed by atoms with Crippen LogP contribution >= 0.6 is 12.2 Å². The third kappa shape index (κ3) is 3.50. The molecule has 5 heteroatoms. The van der Waals surface area contributed by atoms with E-state index in [4.69, 9.17) is 18.0 Å². The van der Waals surface area contributed by atoms with E-state index < -0.39 is 5.82 Å². The Hall–Kier alpha value is -1.49. The van der Waals surface area contributed by atoms with E-state index in [9.17, 15) is 9.18 Å². The highest BCUT2D eigenvalue weighted by atomic mass is 32.1. The Morgan fingerprint density at radius 3 is 2.72 bits per heavy atom. The van der Waals surface area contributed by atoms with Crippen molar-refractivity contribution in [3.63, 3.8) is 0 Å². The van der Waals surface area contributed by atoms with Crippen molar-refractivity contribution in [1.82, 2.24) is 4.90 Å². The summed E-state index contributed by atoms with van der Waals surface area (Å²) in [5.41, 5.74) is 6.63. The normalized spacial score (nSPS) is 12.0. The van der Waals surface area contributed by atoms with E-state index in [1.54, 1.807) is 20.0 Å². The van der Waals surface area contributed by atoms with Crippen molar-refractivity contribution in [3.8, 4) is 0 Å². The summed E-state index contributed by atoms with van der Waals surface area (Å²) in [5.74, 6) is -0.711. The molecule has 2 N–H and O–H groups in total. The summed E-state index contributed by atoms with van der Waals surface area (Å²) < 4.78 is 13.2. The van der Waals surface area contributed by atoms with Crippen LogP contribution in [-0.4, -0.2) is 29.4 Å². The minimum Gasteiger partial charge on any atom is -0.393 e. The highest BCUT2D eigenvalue weighted by Crippen LogP contribution is 2.13. The molecule has 0 bridgehead atoms. The van der Waals surface area contributed by atoms with Crippen LogP contribution in [0.1, 0.15) is 22.8 Å². The lowest BCUT2D eigenvalue weighted by molar-refractivity contribution is 0.0785. The minimum absolute atomic E-state index is 0.0668. The van der Waals surface area contributed by atoms with Crippen molar-refractivity contribution in [2.45, 2.75) is 13.8 Å². The zero-order valence-electron chi connectivity index (χ0n) is 10.7. The van der Waals surface area contributed by atoms with Gasteiger partial charge >= 0.3 is 0 Å². The molecule has 0 heterocycles. The van der Waals surface area contributed by atoms with Gasteiger partial charge < -0.3 is 10.6 Å². The fourth-order valence-corrected chi connectivity index (χ4v) is 1.69. The summed E-state index contributed by atoms with van der Waals surface area (Å²) in [4.78, 5) is 14.0. The molecular weight excluding hydrogens is 251 g/mol. The lowest BCUT2D eigenvalue weighted by Crippen LogP contribution is -2.35. The van der Waals surface area contributed by atoms with Crippen molar-refractivity contribution in [2.75, 3.05) is 13.6 Å². The highest BCUT2D eigenvalue weighted by molar-refractivity contribution is 7.80. The van der Waals surface area contributed by atoms with E-state index in [1.165, 1.54) is 17.0 Å². The number of hydrogen-bond donors (Lipinski definition) is 1. The number of benzene rings is 1. The second-order valence-electron chi connectivity index (χ2n) is 4.45. The van der Waals surface area contributed by atoms with Gasteiger partial charge in [-0.1, -0.05) is 25.2 Å². The standard InChI is InChI=1S/C13H17FN2OS/c1-8-4-5-10(14)6-11(8)13(17)16(3)7-9(2)12(15)18/h4-6,9H,7H2,1-3H3,(H2,15,18). The summed E-state index contributed by atoms with van der Waals surface area (Å²) in [7, 11) is 1.65. The Balaban J connectivity index is 2.86. The maximum absolute atomic E-state index is 13.2. The molecule has 98 valence electrons. The fourth-order valence-electron chi connectivity index (χ4n) is 1.61. The number of hydrogen-bond acceptors (Lipinski definition) is 2. The van der Waals surface area contributed by atoms with Crippen LogP contribution < -0.4 is 5.73 Å². The molecule has 0 aromatic heterocycles. The van der Waals surface area contributed by atoms with Gasteiger partial charge in [-0.3, -0.25) is 4.79 Å². The SMILES string of the molecule is Cc1ccc(F)cc1C(=O)N(C)CC(C)C(N)=S. The Morgan fingerprint density at radius 2 is 2.17 bits per heavy atom. The number of amides is 1. The van der Waals surface area contributed by atoms with Crippen LogP contribution in [0.3, 0.4) is 0 Å². The van der Waals surface area contributed by atoms with Crippen LogP contribution in [0.25, 0.3) is 0 Å². The third-order valence-electron chi connectivity index (χ3n) is 2.81. The molecule has 1 unspecified atom stereocenters. The predicted octanol–water partition coefficient (Wildman–Crippen LogP) is 2.13. The second-order valence-corrected chi connectivity index (χ2v) is 4.92. The lowest BCUT2D eigenvalue weighted by atomic mass is 10.1. The van der Waals surface area contributed by atoms with Gasteiger partial charge in [0.25, 0.3) is 5.91 Å². The van der Waals surface area contributed by atoms with Crippen molar-refractivity contribution in [2.24, 2.45) is 11.7 Å². The Morgan fingerprint density at radius 1 is 1.56 bits per heavy atom. The van der Waals surface area contributed by atoms with Gasteiger partial charge in [-0.2, -0.15) is 0 Å². The average Bonchev–Trinajstić information content (AvgIpc) is 2.31. The zero-order valence-corrected chi connectivity index (χ0v) is 11.6. The number of halogens is 1. The molecule has 18 heavy (non-hydrogen) atoms. The number of thiocarbonyl (C=S) groups is 1. The fraction of sp³-hybridized carbons (Fsp3) is 0.385. The number of nitrogens with two attached hydrogens (primary N) is 1. The van der Waals surface area contributed by atoms with Crippen molar-refractivity contribution >= 4 is 23.1 Å². The number of carbonyl (C=O) groups excluding carboxylic acids is 1. The van der Waals surface area contributed by atoms with Crippen molar-refractivity contribution < 1.29 is 9.18 Å². The van der Waals surface area contributed by atoms with Gasteiger partial charge in [-0.25, -0.2) is 4.39 Å². The highest BCUT2D eigenvalue weighted by Gasteiger charge is 2.17. The second kappa shape index (κ2) is 5.91. The molecule has 0 aliphatic heterocycles. The van der Waals surface area contributed by atoms with Gasteiger partial charge in [0.05, 0.1) is 4.99 Å². The molecule has 0 saturated heterocycles. The molecule has 1 rings (SSSR count). The van der Waals surface area contributed by atoms with E-state index in [0.29, 0.717) is 17.1 Å². The maximum atomic E-state index is 13.2. The van der Waals surface area contributed by atoms with Crippen LogP contribution in [0.4, 0.5) is 4.39 Å². The molecule has 0 aliphatic carbocycles. The molecule has 0 spiro atoms. The Bertz CT molecular complexity index is 476. The van der Waals surface area contributed by atoms with Crippen LogP contribution in [0.15, 0.2) is 18.2 Å². The monoisotopic (exact) mass is 268 g/mol. The van der Waals surface area contributed by atoms with E-state index in [2.05, 4.69) is 0 Å². The quantitative estimate of drug-likeness (QED) is 0.851. The maximum Gasteiger partial charge on any atom is 0.253 e. The molecule has 1 amide bonds. The first-order chi connectivity index (χ1) is 8.32. The minimum atomic E-state index is -0.417. The van der Waals surface area contributed by atoms with Crippen molar-refractivity contribution in [3.05, 3.63) is 35.1 Å². The summed E-state index contributed by atoms with van der Waals surface area (Å²) in [6.45, 7) is 4.05. The van der Waals surface area contributed by atoms with E-state index in [1.807, 2.05) is 6.92 Å². The average molecular weight is 268 g/mol. The first-order valence-corrected chi connectivity index (χ1v) is 6.04. The number of aryl methyl sites for hydroxylation is 1. The number of rotatable bonds is 4. The Labute approximate surface area is 112 Å².